The maximum Gasteiger partial charge on any atom is 0.113 e. The van der Waals surface area contributed by atoms with Crippen LogP contribution in [-0.2, 0) is 0 Å². The van der Waals surface area contributed by atoms with Crippen molar-refractivity contribution >= 4 is 0 Å². The molecule has 0 N–H and O–H groups in total. The van der Waals surface area contributed by atoms with Gasteiger partial charge in [-0.15, -0.1) is 0 Å². The summed E-state index contributed by atoms with van der Waals surface area (Å²) in [4.78, 5) is 2.25. The van der Waals surface area contributed by atoms with Crippen LogP contribution < -0.4 is 0 Å². The van der Waals surface area contributed by atoms with E-state index in [1.54, 1.807) is 0 Å². The van der Waals surface area contributed by atoms with Gasteiger partial charge < -0.3 is 0 Å². The highest BCUT2D eigenvalue weighted by atomic mass is 19.1. The Morgan fingerprint density at radius 1 is 1.31 bits per heavy atom. The molecule has 1 heterocycles. The summed E-state index contributed by atoms with van der Waals surface area (Å²) in [6.45, 7) is 12.4. The predicted molar refractivity (Wildman–Crippen MR) is 54.6 cm³/mol. The molecule has 13 heavy (non-hydrogen) atoms. The molecule has 1 atom stereocenters. The van der Waals surface area contributed by atoms with Crippen molar-refractivity contribution in [3.63, 3.8) is 0 Å². The highest BCUT2D eigenvalue weighted by molar-refractivity contribution is 4.90. The van der Waals surface area contributed by atoms with Crippen LogP contribution in [0.1, 0.15) is 41.0 Å². The van der Waals surface area contributed by atoms with Crippen molar-refractivity contribution in [1.29, 1.82) is 0 Å². The van der Waals surface area contributed by atoms with Crippen molar-refractivity contribution in [2.75, 3.05) is 13.1 Å². The van der Waals surface area contributed by atoms with Crippen LogP contribution in [0.15, 0.2) is 0 Å². The van der Waals surface area contributed by atoms with Crippen LogP contribution in [-0.4, -0.2) is 29.7 Å². The summed E-state index contributed by atoms with van der Waals surface area (Å²) in [5.41, 5.74) is 0.229. The number of hydrogen-bond donors (Lipinski definition) is 0. The van der Waals surface area contributed by atoms with E-state index in [1.807, 2.05) is 0 Å². The lowest BCUT2D eigenvalue weighted by Crippen LogP contribution is -2.53. The molecule has 0 aromatic rings. The Labute approximate surface area is 81.3 Å². The van der Waals surface area contributed by atoms with E-state index in [2.05, 4.69) is 39.5 Å². The molecule has 1 aliphatic rings. The molecule has 0 amide bonds. The first-order valence-corrected chi connectivity index (χ1v) is 5.10. The van der Waals surface area contributed by atoms with E-state index in [4.69, 9.17) is 0 Å². The Morgan fingerprint density at radius 2 is 1.85 bits per heavy atom. The zero-order chi connectivity index (χ0) is 10.3. The Hall–Kier alpha value is -0.110. The molecule has 1 nitrogen and oxygen atoms in total. The molecule has 1 saturated heterocycles. The Balaban J connectivity index is 2.69. The molecule has 0 aromatic heterocycles. The average Bonchev–Trinajstić information content (AvgIpc) is 1.79. The summed E-state index contributed by atoms with van der Waals surface area (Å²) < 4.78 is 13.4. The molecule has 2 heteroatoms. The molecule has 1 rings (SSSR count). The van der Waals surface area contributed by atoms with Gasteiger partial charge in [0.1, 0.15) is 6.17 Å². The van der Waals surface area contributed by atoms with Crippen molar-refractivity contribution in [3.05, 3.63) is 0 Å². The molecule has 0 radical (unpaired) electrons. The third-order valence-electron chi connectivity index (χ3n) is 2.76. The number of hydrogen-bond acceptors (Lipinski definition) is 1. The zero-order valence-corrected chi connectivity index (χ0v) is 9.52. The highest BCUT2D eigenvalue weighted by Crippen LogP contribution is 2.33. The van der Waals surface area contributed by atoms with Crippen molar-refractivity contribution in [1.82, 2.24) is 4.90 Å². The third-order valence-corrected chi connectivity index (χ3v) is 2.76. The molecule has 0 saturated carbocycles. The van der Waals surface area contributed by atoms with Crippen LogP contribution in [0.25, 0.3) is 0 Å². The number of halogens is 1. The molecule has 0 aliphatic carbocycles. The van der Waals surface area contributed by atoms with Crippen LogP contribution in [0.5, 0.6) is 0 Å². The van der Waals surface area contributed by atoms with Crippen molar-refractivity contribution in [2.24, 2.45) is 5.41 Å². The van der Waals surface area contributed by atoms with E-state index in [0.29, 0.717) is 13.0 Å². The topological polar surface area (TPSA) is 3.24 Å². The van der Waals surface area contributed by atoms with E-state index in [9.17, 15) is 4.39 Å². The van der Waals surface area contributed by atoms with Crippen molar-refractivity contribution in [2.45, 2.75) is 52.8 Å². The molecule has 0 aromatic carbocycles. The van der Waals surface area contributed by atoms with E-state index in [1.165, 1.54) is 0 Å². The molecule has 0 bridgehead atoms. The lowest BCUT2D eigenvalue weighted by molar-refractivity contribution is -0.00112. The van der Waals surface area contributed by atoms with Gasteiger partial charge in [0.15, 0.2) is 0 Å². The summed E-state index contributed by atoms with van der Waals surface area (Å²) in [6.07, 6.45) is 0.0579. The number of alkyl halides is 1. The van der Waals surface area contributed by atoms with E-state index >= 15 is 0 Å². The van der Waals surface area contributed by atoms with Gasteiger partial charge >= 0.3 is 0 Å². The Morgan fingerprint density at radius 3 is 2.23 bits per heavy atom. The van der Waals surface area contributed by atoms with Crippen molar-refractivity contribution in [3.8, 4) is 0 Å². The van der Waals surface area contributed by atoms with Crippen LogP contribution in [0.4, 0.5) is 4.39 Å². The summed E-state index contributed by atoms with van der Waals surface area (Å²) in [5.74, 6) is 0. The first kappa shape index (κ1) is 11.0. The maximum absolute atomic E-state index is 13.4. The second-order valence-electron chi connectivity index (χ2n) is 6.02. The predicted octanol–water partition coefficient (Wildman–Crippen LogP) is 2.85. The van der Waals surface area contributed by atoms with Gasteiger partial charge in [-0.3, -0.25) is 4.90 Å². The number of nitrogens with zero attached hydrogens (tertiary/aromatic N) is 1. The molecule has 0 unspecified atom stereocenters. The van der Waals surface area contributed by atoms with E-state index in [0.717, 1.165) is 6.54 Å². The minimum absolute atomic E-state index is 0.0992. The Kier molecular flexibility index (Phi) is 2.73. The van der Waals surface area contributed by atoms with Gasteiger partial charge in [-0.2, -0.15) is 0 Å². The fourth-order valence-corrected chi connectivity index (χ4v) is 2.06. The summed E-state index contributed by atoms with van der Waals surface area (Å²) in [6, 6.07) is 0. The van der Waals surface area contributed by atoms with Gasteiger partial charge in [0.05, 0.1) is 0 Å². The molecule has 1 fully saturated rings. The second-order valence-corrected chi connectivity index (χ2v) is 6.02. The van der Waals surface area contributed by atoms with Crippen LogP contribution >= 0.6 is 0 Å². The lowest BCUT2D eigenvalue weighted by Gasteiger charge is -2.46. The van der Waals surface area contributed by atoms with Gasteiger partial charge in [0, 0.05) is 18.6 Å². The van der Waals surface area contributed by atoms with Gasteiger partial charge in [-0.1, -0.05) is 13.8 Å². The summed E-state index contributed by atoms with van der Waals surface area (Å²) in [5, 5.41) is 0. The number of rotatable bonds is 0. The monoisotopic (exact) mass is 187 g/mol. The van der Waals surface area contributed by atoms with Gasteiger partial charge in [0.2, 0.25) is 0 Å². The standard InChI is InChI=1S/C11H22FN/c1-10(2,3)13-7-9(12)6-11(4,5)8-13/h9H,6-8H2,1-5H3/t9-/m1/s1. The van der Waals surface area contributed by atoms with E-state index in [-0.39, 0.29) is 11.0 Å². The van der Waals surface area contributed by atoms with Crippen LogP contribution in [0.3, 0.4) is 0 Å². The SMILES string of the molecule is CC1(C)C[C@@H](F)CN(C(C)(C)C)C1. The smallest absolute Gasteiger partial charge is 0.113 e. The molecule has 0 spiro atoms. The molecular formula is C11H22FN. The minimum atomic E-state index is -0.650. The summed E-state index contributed by atoms with van der Waals surface area (Å²) in [7, 11) is 0. The number of piperidine rings is 1. The third kappa shape index (κ3) is 2.94. The van der Waals surface area contributed by atoms with Crippen LogP contribution in [0.2, 0.25) is 0 Å². The van der Waals surface area contributed by atoms with Gasteiger partial charge in [0.25, 0.3) is 0 Å². The molecule has 1 aliphatic heterocycles. The normalized spacial score (nSPS) is 30.5. The van der Waals surface area contributed by atoms with Gasteiger partial charge in [-0.05, 0) is 32.6 Å². The average molecular weight is 187 g/mol. The minimum Gasteiger partial charge on any atom is -0.295 e. The molecular weight excluding hydrogens is 165 g/mol. The largest absolute Gasteiger partial charge is 0.295 e. The zero-order valence-electron chi connectivity index (χ0n) is 9.52. The second kappa shape index (κ2) is 3.23. The highest BCUT2D eigenvalue weighted by Gasteiger charge is 2.36. The fraction of sp³-hybridized carbons (Fsp3) is 1.00. The lowest BCUT2D eigenvalue weighted by atomic mass is 9.81. The maximum atomic E-state index is 13.4. The molecule has 78 valence electrons. The number of likely N-dealkylation sites (tertiary alicyclic amines) is 1. The quantitative estimate of drug-likeness (QED) is 0.563. The first-order chi connectivity index (χ1) is 5.71. The van der Waals surface area contributed by atoms with Crippen LogP contribution in [0, 0.1) is 5.41 Å². The van der Waals surface area contributed by atoms with Crippen molar-refractivity contribution < 1.29 is 4.39 Å². The van der Waals surface area contributed by atoms with Gasteiger partial charge in [-0.25, -0.2) is 4.39 Å². The first-order valence-electron chi connectivity index (χ1n) is 5.10. The summed E-state index contributed by atoms with van der Waals surface area (Å²) >= 11 is 0. The fourth-order valence-electron chi connectivity index (χ4n) is 2.06. The Bertz CT molecular complexity index is 181. The van der Waals surface area contributed by atoms with E-state index < -0.39 is 6.17 Å².